The maximum absolute atomic E-state index is 11.3. The van der Waals surface area contributed by atoms with Crippen molar-refractivity contribution < 1.29 is 14.6 Å². The van der Waals surface area contributed by atoms with Gasteiger partial charge in [0.2, 0.25) is 0 Å². The first-order valence-corrected chi connectivity index (χ1v) is 7.41. The van der Waals surface area contributed by atoms with Gasteiger partial charge < -0.3 is 9.84 Å². The average molecular weight is 300 g/mol. The number of esters is 1. The second-order valence-corrected chi connectivity index (χ2v) is 4.87. The molecule has 3 nitrogen and oxygen atoms in total. The third-order valence-electron chi connectivity index (χ3n) is 2.29. The van der Waals surface area contributed by atoms with Crippen LogP contribution in [0, 0.1) is 29.6 Å². The maximum atomic E-state index is 11.3. The molecule has 0 heterocycles. The van der Waals surface area contributed by atoms with E-state index in [1.54, 1.807) is 18.2 Å². The quantitative estimate of drug-likeness (QED) is 0.324. The van der Waals surface area contributed by atoms with Crippen LogP contribution in [0.25, 0.3) is 0 Å². The standard InChI is InChI=1S/C19H24O3/c1-18(2)17-19(21)22-16-14-12-10-8-6-4-3-5-7-9-11-13-15-20/h4,6,8,10-11,13,18,20H,12,14-17H2,1-2H3. The molecule has 0 amide bonds. The molecule has 1 N–H and O–H groups in total. The van der Waals surface area contributed by atoms with Crippen molar-refractivity contribution in [3.63, 3.8) is 0 Å². The Morgan fingerprint density at radius 1 is 1.14 bits per heavy atom. The second kappa shape index (κ2) is 15.2. The fourth-order valence-electron chi connectivity index (χ4n) is 1.33. The Bertz CT molecular complexity index is 502. The highest BCUT2D eigenvalue weighted by atomic mass is 16.5. The molecule has 0 fully saturated rings. The summed E-state index contributed by atoms with van der Waals surface area (Å²) in [6.45, 7) is 4.45. The molecule has 0 aromatic rings. The van der Waals surface area contributed by atoms with Gasteiger partial charge in [-0.05, 0) is 42.8 Å². The SMILES string of the molecule is CC(C)CC(=O)OCCCC=CC=CC#CC#CC=CCO. The van der Waals surface area contributed by atoms with Crippen molar-refractivity contribution >= 4 is 5.97 Å². The summed E-state index contributed by atoms with van der Waals surface area (Å²) >= 11 is 0. The van der Waals surface area contributed by atoms with Crippen molar-refractivity contribution in [1.82, 2.24) is 0 Å². The van der Waals surface area contributed by atoms with E-state index in [0.29, 0.717) is 18.9 Å². The Hall–Kier alpha value is -2.23. The minimum atomic E-state index is -0.121. The van der Waals surface area contributed by atoms with E-state index in [1.165, 1.54) is 0 Å². The van der Waals surface area contributed by atoms with Gasteiger partial charge in [0.1, 0.15) is 0 Å². The Kier molecular flexibility index (Phi) is 13.6. The largest absolute Gasteiger partial charge is 0.466 e. The molecule has 0 bridgehead atoms. The van der Waals surface area contributed by atoms with Crippen molar-refractivity contribution in [1.29, 1.82) is 0 Å². The fourth-order valence-corrected chi connectivity index (χ4v) is 1.33. The molecule has 0 atom stereocenters. The number of ether oxygens (including phenoxy) is 1. The van der Waals surface area contributed by atoms with E-state index in [2.05, 4.69) is 23.7 Å². The monoisotopic (exact) mass is 300 g/mol. The maximum Gasteiger partial charge on any atom is 0.306 e. The van der Waals surface area contributed by atoms with Crippen LogP contribution in [0.5, 0.6) is 0 Å². The Morgan fingerprint density at radius 3 is 2.55 bits per heavy atom. The molecule has 3 heteroatoms. The van der Waals surface area contributed by atoms with Crippen molar-refractivity contribution in [2.45, 2.75) is 33.1 Å². The molecule has 0 aliphatic heterocycles. The summed E-state index contributed by atoms with van der Waals surface area (Å²) in [6.07, 6.45) is 12.7. The number of hydrogen-bond acceptors (Lipinski definition) is 3. The lowest BCUT2D eigenvalue weighted by Gasteiger charge is -2.05. The van der Waals surface area contributed by atoms with E-state index < -0.39 is 0 Å². The van der Waals surface area contributed by atoms with Crippen molar-refractivity contribution in [3.8, 4) is 23.7 Å². The van der Waals surface area contributed by atoms with Crippen LogP contribution >= 0.6 is 0 Å². The van der Waals surface area contributed by atoms with Crippen LogP contribution in [0.15, 0.2) is 36.5 Å². The third kappa shape index (κ3) is 15.8. The topological polar surface area (TPSA) is 46.5 Å². The number of hydrogen-bond donors (Lipinski definition) is 1. The molecule has 22 heavy (non-hydrogen) atoms. The normalized spacial score (nSPS) is 10.7. The van der Waals surface area contributed by atoms with Crippen LogP contribution in [0.3, 0.4) is 0 Å². The molecule has 0 unspecified atom stereocenters. The molecule has 0 rings (SSSR count). The third-order valence-corrected chi connectivity index (χ3v) is 2.29. The van der Waals surface area contributed by atoms with E-state index in [9.17, 15) is 4.79 Å². The molecule has 0 saturated heterocycles. The van der Waals surface area contributed by atoms with Gasteiger partial charge in [-0.25, -0.2) is 0 Å². The van der Waals surface area contributed by atoms with Crippen molar-refractivity contribution in [2.75, 3.05) is 13.2 Å². The number of carbonyl (C=O) groups excluding carboxylic acids is 1. The minimum Gasteiger partial charge on any atom is -0.466 e. The van der Waals surface area contributed by atoms with Crippen LogP contribution in [0.2, 0.25) is 0 Å². The Morgan fingerprint density at radius 2 is 1.86 bits per heavy atom. The molecule has 0 aliphatic rings. The second-order valence-electron chi connectivity index (χ2n) is 4.87. The molecular formula is C19H24O3. The van der Waals surface area contributed by atoms with Crippen molar-refractivity contribution in [2.24, 2.45) is 5.92 Å². The molecule has 0 aromatic carbocycles. The highest BCUT2D eigenvalue weighted by Crippen LogP contribution is 2.02. The number of carbonyl (C=O) groups is 1. The lowest BCUT2D eigenvalue weighted by atomic mass is 10.1. The van der Waals surface area contributed by atoms with Gasteiger partial charge in [-0.3, -0.25) is 4.79 Å². The first kappa shape index (κ1) is 19.8. The summed E-state index contributed by atoms with van der Waals surface area (Å²) in [5.41, 5.74) is 0. The van der Waals surface area contributed by atoms with Gasteiger partial charge in [0.05, 0.1) is 13.2 Å². The first-order chi connectivity index (χ1) is 10.7. The van der Waals surface area contributed by atoms with Gasteiger partial charge in [-0.1, -0.05) is 50.0 Å². The molecule has 0 aromatic heterocycles. The molecule has 118 valence electrons. The highest BCUT2D eigenvalue weighted by Gasteiger charge is 2.04. The van der Waals surface area contributed by atoms with Crippen LogP contribution in [-0.4, -0.2) is 24.3 Å². The first-order valence-electron chi connectivity index (χ1n) is 7.41. The lowest BCUT2D eigenvalue weighted by Crippen LogP contribution is -2.08. The lowest BCUT2D eigenvalue weighted by molar-refractivity contribution is -0.144. The van der Waals surface area contributed by atoms with Gasteiger partial charge >= 0.3 is 5.97 Å². The number of allylic oxidation sites excluding steroid dienone is 5. The smallest absolute Gasteiger partial charge is 0.306 e. The van der Waals surface area contributed by atoms with E-state index >= 15 is 0 Å². The Labute approximate surface area is 133 Å². The molecule has 0 saturated carbocycles. The number of aliphatic hydroxyl groups is 1. The van der Waals surface area contributed by atoms with Crippen LogP contribution in [-0.2, 0) is 9.53 Å². The highest BCUT2D eigenvalue weighted by molar-refractivity contribution is 5.69. The summed E-state index contributed by atoms with van der Waals surface area (Å²) in [5, 5.41) is 8.47. The van der Waals surface area contributed by atoms with Crippen LogP contribution in [0.1, 0.15) is 33.1 Å². The van der Waals surface area contributed by atoms with Gasteiger partial charge in [0, 0.05) is 6.42 Å². The number of aliphatic hydroxyl groups excluding tert-OH is 1. The minimum absolute atomic E-state index is 0.0102. The summed E-state index contributed by atoms with van der Waals surface area (Å²) < 4.78 is 5.10. The predicted octanol–water partition coefficient (Wildman–Crippen LogP) is 3.02. The Balaban J connectivity index is 3.68. The van der Waals surface area contributed by atoms with E-state index in [0.717, 1.165) is 12.8 Å². The molecule has 0 aliphatic carbocycles. The summed E-state index contributed by atoms with van der Waals surface area (Å²) in [4.78, 5) is 11.3. The van der Waals surface area contributed by atoms with E-state index in [1.807, 2.05) is 32.1 Å². The van der Waals surface area contributed by atoms with Crippen LogP contribution in [0.4, 0.5) is 0 Å². The summed E-state index contributed by atoms with van der Waals surface area (Å²) in [7, 11) is 0. The van der Waals surface area contributed by atoms with E-state index in [4.69, 9.17) is 9.84 Å². The zero-order valence-corrected chi connectivity index (χ0v) is 13.3. The fraction of sp³-hybridized carbons (Fsp3) is 0.421. The average Bonchev–Trinajstić information content (AvgIpc) is 2.47. The molecule has 0 radical (unpaired) electrons. The summed E-state index contributed by atoms with van der Waals surface area (Å²) in [6, 6.07) is 0. The van der Waals surface area contributed by atoms with Crippen molar-refractivity contribution in [3.05, 3.63) is 36.5 Å². The van der Waals surface area contributed by atoms with Gasteiger partial charge in [-0.2, -0.15) is 0 Å². The number of rotatable bonds is 8. The summed E-state index contributed by atoms with van der Waals surface area (Å²) in [5.74, 6) is 11.0. The zero-order valence-electron chi connectivity index (χ0n) is 13.3. The van der Waals surface area contributed by atoms with E-state index in [-0.39, 0.29) is 12.6 Å². The van der Waals surface area contributed by atoms with Gasteiger partial charge in [0.15, 0.2) is 0 Å². The number of unbranched alkanes of at least 4 members (excludes halogenated alkanes) is 1. The predicted molar refractivity (Wildman–Crippen MR) is 89.7 cm³/mol. The zero-order chi connectivity index (χ0) is 16.5. The van der Waals surface area contributed by atoms with Gasteiger partial charge in [-0.15, -0.1) is 0 Å². The van der Waals surface area contributed by atoms with Crippen LogP contribution < -0.4 is 0 Å². The molecule has 0 spiro atoms. The molecular weight excluding hydrogens is 276 g/mol. The van der Waals surface area contributed by atoms with Gasteiger partial charge in [0.25, 0.3) is 0 Å².